The van der Waals surface area contributed by atoms with E-state index in [0.717, 1.165) is 12.8 Å². The van der Waals surface area contributed by atoms with Crippen LogP contribution in [0.25, 0.3) is 0 Å². The molecule has 100 valence electrons. The Balaban J connectivity index is 2.21. The van der Waals surface area contributed by atoms with E-state index in [1.54, 1.807) is 6.20 Å². The second kappa shape index (κ2) is 5.00. The molecule has 1 fully saturated rings. The molecule has 0 amide bonds. The topological polar surface area (TPSA) is 70.1 Å². The quantitative estimate of drug-likeness (QED) is 0.818. The molecule has 0 aliphatic heterocycles. The number of hydrogen-bond acceptors (Lipinski definition) is 4. The Morgan fingerprint density at radius 2 is 2.00 bits per heavy atom. The predicted octanol–water partition coefficient (Wildman–Crippen LogP) is 2.25. The van der Waals surface area contributed by atoms with Gasteiger partial charge in [0.05, 0.1) is 18.8 Å². The minimum absolute atomic E-state index is 0.225. The lowest BCUT2D eigenvalue weighted by molar-refractivity contribution is 0.0593. The smallest absolute Gasteiger partial charge is 0.360 e. The van der Waals surface area contributed by atoms with Gasteiger partial charge in [-0.2, -0.15) is 5.10 Å². The summed E-state index contributed by atoms with van der Waals surface area (Å²) in [6.07, 6.45) is 5.19. The van der Waals surface area contributed by atoms with Gasteiger partial charge in [0.25, 0.3) is 0 Å². The summed E-state index contributed by atoms with van der Waals surface area (Å²) in [4.78, 5) is 11.5. The van der Waals surface area contributed by atoms with Gasteiger partial charge in [0.2, 0.25) is 0 Å². The van der Waals surface area contributed by atoms with Crippen molar-refractivity contribution in [2.24, 2.45) is 11.8 Å². The highest BCUT2D eigenvalue weighted by Gasteiger charge is 2.27. The Morgan fingerprint density at radius 1 is 1.39 bits per heavy atom. The van der Waals surface area contributed by atoms with Crippen molar-refractivity contribution < 1.29 is 9.53 Å². The summed E-state index contributed by atoms with van der Waals surface area (Å²) < 4.78 is 6.51. The van der Waals surface area contributed by atoms with Gasteiger partial charge >= 0.3 is 5.97 Å². The number of aromatic nitrogens is 2. The molecule has 1 aromatic heterocycles. The first-order chi connectivity index (χ1) is 8.51. The highest BCUT2D eigenvalue weighted by molar-refractivity contribution is 5.92. The zero-order valence-electron chi connectivity index (χ0n) is 11.2. The number of rotatable bonds is 2. The molecule has 0 saturated heterocycles. The van der Waals surface area contributed by atoms with E-state index in [4.69, 9.17) is 5.73 Å². The van der Waals surface area contributed by atoms with E-state index in [9.17, 15) is 4.79 Å². The van der Waals surface area contributed by atoms with Gasteiger partial charge in [-0.3, -0.25) is 4.68 Å². The Labute approximate surface area is 107 Å². The van der Waals surface area contributed by atoms with Crippen LogP contribution in [-0.4, -0.2) is 22.9 Å². The molecular weight excluding hydrogens is 230 g/mol. The van der Waals surface area contributed by atoms with Crippen molar-refractivity contribution in [3.63, 3.8) is 0 Å². The van der Waals surface area contributed by atoms with Gasteiger partial charge < -0.3 is 10.5 Å². The van der Waals surface area contributed by atoms with Crippen molar-refractivity contribution in [3.05, 3.63) is 11.9 Å². The fourth-order valence-electron chi connectivity index (χ4n) is 2.97. The Hall–Kier alpha value is -1.52. The molecule has 5 nitrogen and oxygen atoms in total. The van der Waals surface area contributed by atoms with Crippen molar-refractivity contribution in [3.8, 4) is 0 Å². The molecule has 1 heterocycles. The zero-order valence-corrected chi connectivity index (χ0v) is 11.2. The minimum atomic E-state index is -0.469. The van der Waals surface area contributed by atoms with E-state index >= 15 is 0 Å². The van der Waals surface area contributed by atoms with Crippen LogP contribution in [0.2, 0.25) is 0 Å². The number of nitrogens with two attached hydrogens (primary N) is 1. The largest absolute Gasteiger partial charge is 0.464 e. The van der Waals surface area contributed by atoms with Gasteiger partial charge in [-0.25, -0.2) is 4.79 Å². The van der Waals surface area contributed by atoms with E-state index in [-0.39, 0.29) is 5.69 Å². The van der Waals surface area contributed by atoms with Crippen LogP contribution in [0.5, 0.6) is 0 Å². The molecule has 0 spiro atoms. The van der Waals surface area contributed by atoms with Crippen LogP contribution in [0.3, 0.4) is 0 Å². The third-order valence-electron chi connectivity index (χ3n) is 3.67. The van der Waals surface area contributed by atoms with Crippen molar-refractivity contribution in [2.45, 2.75) is 39.2 Å². The molecule has 5 heteroatoms. The van der Waals surface area contributed by atoms with Crippen LogP contribution in [0.15, 0.2) is 6.20 Å². The van der Waals surface area contributed by atoms with Gasteiger partial charge in [0.1, 0.15) is 0 Å². The lowest BCUT2D eigenvalue weighted by Crippen LogP contribution is -2.23. The minimum Gasteiger partial charge on any atom is -0.464 e. The van der Waals surface area contributed by atoms with Crippen LogP contribution in [0, 0.1) is 11.8 Å². The fraction of sp³-hybridized carbons (Fsp3) is 0.692. The summed E-state index contributed by atoms with van der Waals surface area (Å²) in [7, 11) is 1.34. The third kappa shape index (κ3) is 2.49. The monoisotopic (exact) mass is 251 g/mol. The summed E-state index contributed by atoms with van der Waals surface area (Å²) in [6, 6.07) is 0.337. The maximum atomic E-state index is 11.5. The van der Waals surface area contributed by atoms with Gasteiger partial charge in [-0.05, 0) is 31.1 Å². The molecule has 2 N–H and O–H groups in total. The van der Waals surface area contributed by atoms with Crippen molar-refractivity contribution >= 4 is 11.7 Å². The highest BCUT2D eigenvalue weighted by atomic mass is 16.5. The van der Waals surface area contributed by atoms with Gasteiger partial charge in [-0.15, -0.1) is 0 Å². The van der Waals surface area contributed by atoms with E-state index in [1.165, 1.54) is 13.5 Å². The lowest BCUT2D eigenvalue weighted by atomic mass is 9.80. The molecule has 18 heavy (non-hydrogen) atoms. The lowest BCUT2D eigenvalue weighted by Gasteiger charge is -2.31. The highest BCUT2D eigenvalue weighted by Crippen LogP contribution is 2.36. The summed E-state index contributed by atoms with van der Waals surface area (Å²) >= 11 is 0. The maximum Gasteiger partial charge on any atom is 0.360 e. The zero-order chi connectivity index (χ0) is 13.3. The number of hydrogen-bond donors (Lipinski definition) is 1. The number of ether oxygens (including phenoxy) is 1. The van der Waals surface area contributed by atoms with Crippen LogP contribution in [-0.2, 0) is 4.74 Å². The molecule has 1 saturated carbocycles. The summed E-state index contributed by atoms with van der Waals surface area (Å²) in [5, 5.41) is 4.29. The molecule has 2 rings (SSSR count). The standard InChI is InChI=1S/C13H21N3O2/c1-8-4-9(2)6-10(5-8)16-7-11(14)12(15-16)13(17)18-3/h7-10H,4-6,14H2,1-3H3. The number of anilines is 1. The number of methoxy groups -OCH3 is 1. The molecular formula is C13H21N3O2. The number of nitrogens with zero attached hydrogens (tertiary/aromatic N) is 2. The normalized spacial score (nSPS) is 28.1. The molecule has 1 aliphatic rings. The average Bonchev–Trinajstić information content (AvgIpc) is 2.69. The van der Waals surface area contributed by atoms with Gasteiger partial charge in [0.15, 0.2) is 5.69 Å². The van der Waals surface area contributed by atoms with Crippen LogP contribution in [0.1, 0.15) is 49.6 Å². The van der Waals surface area contributed by atoms with Gasteiger partial charge in [-0.1, -0.05) is 13.8 Å². The first-order valence-electron chi connectivity index (χ1n) is 6.44. The molecule has 1 aromatic rings. The van der Waals surface area contributed by atoms with E-state index < -0.39 is 5.97 Å². The molecule has 0 radical (unpaired) electrons. The van der Waals surface area contributed by atoms with Crippen LogP contribution < -0.4 is 5.73 Å². The first-order valence-corrected chi connectivity index (χ1v) is 6.44. The molecule has 2 atom stereocenters. The molecule has 2 unspecified atom stereocenters. The number of esters is 1. The summed E-state index contributed by atoms with van der Waals surface area (Å²) in [5.41, 5.74) is 6.43. The van der Waals surface area contributed by atoms with Crippen LogP contribution in [0.4, 0.5) is 5.69 Å². The van der Waals surface area contributed by atoms with Gasteiger partial charge in [0, 0.05) is 6.20 Å². The number of carbonyl (C=O) groups is 1. The summed E-state index contributed by atoms with van der Waals surface area (Å²) in [6.45, 7) is 4.52. The van der Waals surface area contributed by atoms with E-state index in [2.05, 4.69) is 23.7 Å². The number of carbonyl (C=O) groups excluding carboxylic acids is 1. The third-order valence-corrected chi connectivity index (χ3v) is 3.67. The van der Waals surface area contributed by atoms with Crippen LogP contribution >= 0.6 is 0 Å². The second-order valence-corrected chi connectivity index (χ2v) is 5.48. The first kappa shape index (κ1) is 12.9. The van der Waals surface area contributed by atoms with E-state index in [1.807, 2.05) is 4.68 Å². The number of nitrogen functional groups attached to an aromatic ring is 1. The fourth-order valence-corrected chi connectivity index (χ4v) is 2.97. The summed E-state index contributed by atoms with van der Waals surface area (Å²) in [5.74, 6) is 0.902. The van der Waals surface area contributed by atoms with E-state index in [0.29, 0.717) is 23.6 Å². The average molecular weight is 251 g/mol. The second-order valence-electron chi connectivity index (χ2n) is 5.48. The molecule has 0 bridgehead atoms. The SMILES string of the molecule is COC(=O)c1nn(C2CC(C)CC(C)C2)cc1N. The predicted molar refractivity (Wildman–Crippen MR) is 69.2 cm³/mol. The van der Waals surface area contributed by atoms with Crippen molar-refractivity contribution in [1.29, 1.82) is 0 Å². The van der Waals surface area contributed by atoms with Crippen molar-refractivity contribution in [1.82, 2.24) is 9.78 Å². The molecule has 1 aliphatic carbocycles. The molecule has 0 aromatic carbocycles. The Kier molecular flexibility index (Phi) is 3.59. The Bertz CT molecular complexity index is 431. The van der Waals surface area contributed by atoms with Crippen molar-refractivity contribution in [2.75, 3.05) is 12.8 Å². The Morgan fingerprint density at radius 3 is 2.56 bits per heavy atom. The maximum absolute atomic E-state index is 11.5.